The normalized spacial score (nSPS) is 22.8. The van der Waals surface area contributed by atoms with Gasteiger partial charge in [-0.15, -0.1) is 0 Å². The number of methoxy groups -OCH3 is 1. The number of amides is 1. The van der Waals surface area contributed by atoms with E-state index < -0.39 is 24.2 Å². The van der Waals surface area contributed by atoms with E-state index in [1.807, 2.05) is 0 Å². The largest absolute Gasteiger partial charge is 0.497 e. The fraction of sp³-hybridized carbons (Fsp3) is 0.333. The van der Waals surface area contributed by atoms with Crippen LogP contribution in [0.4, 0.5) is 10.5 Å². The molecule has 1 aromatic rings. The van der Waals surface area contributed by atoms with Gasteiger partial charge in [-0.25, -0.2) is 9.59 Å². The highest BCUT2D eigenvalue weighted by Gasteiger charge is 2.44. The highest BCUT2D eigenvalue weighted by atomic mass is 16.6. The Hall–Kier alpha value is -2.24. The number of anilines is 1. The first-order valence-electron chi connectivity index (χ1n) is 5.41. The third-order valence-corrected chi connectivity index (χ3v) is 2.81. The maximum absolute atomic E-state index is 11.7. The Kier molecular flexibility index (Phi) is 3.10. The van der Waals surface area contributed by atoms with Crippen LogP contribution in [0.2, 0.25) is 0 Å². The van der Waals surface area contributed by atoms with E-state index in [-0.39, 0.29) is 0 Å². The summed E-state index contributed by atoms with van der Waals surface area (Å²) in [5.41, 5.74) is 0.470. The molecule has 0 saturated carbocycles. The van der Waals surface area contributed by atoms with Gasteiger partial charge in [-0.3, -0.25) is 4.90 Å². The van der Waals surface area contributed by atoms with Crippen LogP contribution in [-0.2, 0) is 9.53 Å². The van der Waals surface area contributed by atoms with Crippen LogP contribution in [0.1, 0.15) is 6.92 Å². The first kappa shape index (κ1) is 12.2. The van der Waals surface area contributed by atoms with Gasteiger partial charge in [-0.1, -0.05) is 0 Å². The van der Waals surface area contributed by atoms with Crippen molar-refractivity contribution in [2.24, 2.45) is 0 Å². The van der Waals surface area contributed by atoms with Crippen molar-refractivity contribution in [3.05, 3.63) is 24.3 Å². The van der Waals surface area contributed by atoms with E-state index >= 15 is 0 Å². The maximum atomic E-state index is 11.7. The molecule has 2 atom stereocenters. The van der Waals surface area contributed by atoms with E-state index in [1.54, 1.807) is 31.2 Å². The van der Waals surface area contributed by atoms with E-state index in [4.69, 9.17) is 14.6 Å². The molecule has 2 unspecified atom stereocenters. The highest BCUT2D eigenvalue weighted by Crippen LogP contribution is 2.28. The van der Waals surface area contributed by atoms with E-state index in [0.717, 1.165) is 4.90 Å². The topological polar surface area (TPSA) is 76.1 Å². The number of hydrogen-bond acceptors (Lipinski definition) is 4. The van der Waals surface area contributed by atoms with Crippen LogP contribution in [0.15, 0.2) is 24.3 Å². The summed E-state index contributed by atoms with van der Waals surface area (Å²) in [5.74, 6) is -0.463. The smallest absolute Gasteiger partial charge is 0.415 e. The number of cyclic esters (lactones) is 1. The van der Waals surface area contributed by atoms with Crippen LogP contribution >= 0.6 is 0 Å². The number of carbonyl (C=O) groups is 2. The standard InChI is InChI=1S/C12H13NO5/c1-7-10(11(14)15)13(12(16)18-7)8-3-5-9(17-2)6-4-8/h3-7,10H,1-2H3,(H,14,15). The van der Waals surface area contributed by atoms with E-state index in [9.17, 15) is 9.59 Å². The second-order valence-corrected chi connectivity index (χ2v) is 3.94. The van der Waals surface area contributed by atoms with E-state index in [2.05, 4.69) is 0 Å². The van der Waals surface area contributed by atoms with Crippen molar-refractivity contribution < 1.29 is 24.2 Å². The lowest BCUT2D eigenvalue weighted by Gasteiger charge is -2.19. The molecule has 0 bridgehead atoms. The van der Waals surface area contributed by atoms with Crippen LogP contribution in [0, 0.1) is 0 Å². The lowest BCUT2D eigenvalue weighted by Crippen LogP contribution is -2.42. The summed E-state index contributed by atoms with van der Waals surface area (Å²) in [6.07, 6.45) is -1.34. The molecule has 6 nitrogen and oxygen atoms in total. The minimum absolute atomic E-state index is 0.470. The van der Waals surface area contributed by atoms with Crippen LogP contribution in [-0.4, -0.2) is 36.4 Å². The Balaban J connectivity index is 2.34. The summed E-state index contributed by atoms with van der Waals surface area (Å²) in [6.45, 7) is 1.56. The van der Waals surface area contributed by atoms with Crippen molar-refractivity contribution in [1.29, 1.82) is 0 Å². The van der Waals surface area contributed by atoms with E-state index in [0.29, 0.717) is 11.4 Å². The Bertz CT molecular complexity index is 470. The Morgan fingerprint density at radius 2 is 2.00 bits per heavy atom. The van der Waals surface area contributed by atoms with Crippen molar-refractivity contribution in [2.75, 3.05) is 12.0 Å². The van der Waals surface area contributed by atoms with Crippen LogP contribution in [0.25, 0.3) is 0 Å². The first-order chi connectivity index (χ1) is 8.54. The average Bonchev–Trinajstić information content (AvgIpc) is 2.64. The molecular weight excluding hydrogens is 238 g/mol. The molecule has 6 heteroatoms. The van der Waals surface area contributed by atoms with Gasteiger partial charge in [0, 0.05) is 5.69 Å². The SMILES string of the molecule is COc1ccc(N2C(=O)OC(C)C2C(=O)O)cc1. The van der Waals surface area contributed by atoms with Gasteiger partial charge < -0.3 is 14.6 Å². The maximum Gasteiger partial charge on any atom is 0.415 e. The van der Waals surface area contributed by atoms with Crippen LogP contribution < -0.4 is 9.64 Å². The van der Waals surface area contributed by atoms with Crippen LogP contribution in [0.5, 0.6) is 5.75 Å². The molecule has 0 aromatic heterocycles. The fourth-order valence-corrected chi connectivity index (χ4v) is 1.92. The number of nitrogens with zero attached hydrogens (tertiary/aromatic N) is 1. The van der Waals surface area contributed by atoms with Crippen LogP contribution in [0.3, 0.4) is 0 Å². The highest BCUT2D eigenvalue weighted by molar-refractivity contribution is 5.98. The van der Waals surface area contributed by atoms with Gasteiger partial charge in [-0.2, -0.15) is 0 Å². The van der Waals surface area contributed by atoms with Gasteiger partial charge in [0.25, 0.3) is 0 Å². The number of carboxylic acids is 1. The Labute approximate surface area is 104 Å². The van der Waals surface area contributed by atoms with Crippen molar-refractivity contribution in [1.82, 2.24) is 0 Å². The van der Waals surface area contributed by atoms with Crippen molar-refractivity contribution in [2.45, 2.75) is 19.1 Å². The number of rotatable bonds is 3. The van der Waals surface area contributed by atoms with Gasteiger partial charge in [0.15, 0.2) is 6.04 Å². The molecule has 2 rings (SSSR count). The summed E-state index contributed by atoms with van der Waals surface area (Å²) in [6, 6.07) is 5.54. The quantitative estimate of drug-likeness (QED) is 0.880. The second-order valence-electron chi connectivity index (χ2n) is 3.94. The molecule has 96 valence electrons. The van der Waals surface area contributed by atoms with E-state index in [1.165, 1.54) is 7.11 Å². The van der Waals surface area contributed by atoms with Gasteiger partial charge in [0.1, 0.15) is 11.9 Å². The molecule has 0 spiro atoms. The zero-order valence-electron chi connectivity index (χ0n) is 9.99. The minimum Gasteiger partial charge on any atom is -0.497 e. The average molecular weight is 251 g/mol. The molecule has 1 fully saturated rings. The van der Waals surface area contributed by atoms with Gasteiger partial charge in [0.2, 0.25) is 0 Å². The predicted molar refractivity (Wildman–Crippen MR) is 62.8 cm³/mol. The number of carbonyl (C=O) groups excluding carboxylic acids is 1. The Morgan fingerprint density at radius 1 is 1.39 bits per heavy atom. The summed E-state index contributed by atoms with van der Waals surface area (Å²) in [5, 5.41) is 9.14. The van der Waals surface area contributed by atoms with Crippen molar-refractivity contribution in [3.8, 4) is 5.75 Å². The van der Waals surface area contributed by atoms with Crippen molar-refractivity contribution in [3.63, 3.8) is 0 Å². The molecule has 1 heterocycles. The molecule has 1 aliphatic rings. The number of hydrogen-bond donors (Lipinski definition) is 1. The number of benzene rings is 1. The zero-order valence-corrected chi connectivity index (χ0v) is 9.99. The number of aliphatic carboxylic acids is 1. The molecule has 1 N–H and O–H groups in total. The number of ether oxygens (including phenoxy) is 2. The summed E-state index contributed by atoms with van der Waals surface area (Å²) >= 11 is 0. The monoisotopic (exact) mass is 251 g/mol. The molecule has 1 saturated heterocycles. The second kappa shape index (κ2) is 4.56. The summed E-state index contributed by atoms with van der Waals surface area (Å²) in [4.78, 5) is 24.0. The number of carboxylic acid groups (broad SMARTS) is 1. The molecule has 18 heavy (non-hydrogen) atoms. The first-order valence-corrected chi connectivity index (χ1v) is 5.41. The van der Waals surface area contributed by atoms with Crippen molar-refractivity contribution >= 4 is 17.7 Å². The Morgan fingerprint density at radius 3 is 2.50 bits per heavy atom. The molecule has 1 aliphatic heterocycles. The summed E-state index contributed by atoms with van der Waals surface area (Å²) < 4.78 is 9.94. The fourth-order valence-electron chi connectivity index (χ4n) is 1.92. The molecule has 0 aliphatic carbocycles. The molecular formula is C12H13NO5. The molecule has 0 radical (unpaired) electrons. The molecule has 1 amide bonds. The third kappa shape index (κ3) is 1.97. The molecule has 1 aromatic carbocycles. The minimum atomic E-state index is -1.09. The summed E-state index contributed by atoms with van der Waals surface area (Å²) in [7, 11) is 1.53. The predicted octanol–water partition coefficient (Wildman–Crippen LogP) is 1.49. The lowest BCUT2D eigenvalue weighted by molar-refractivity contribution is -0.139. The van der Waals surface area contributed by atoms with Gasteiger partial charge in [-0.05, 0) is 31.2 Å². The van der Waals surface area contributed by atoms with Gasteiger partial charge >= 0.3 is 12.1 Å². The lowest BCUT2D eigenvalue weighted by atomic mass is 10.1. The zero-order chi connectivity index (χ0) is 13.3. The third-order valence-electron chi connectivity index (χ3n) is 2.81. The van der Waals surface area contributed by atoms with Gasteiger partial charge in [0.05, 0.1) is 7.11 Å².